The Morgan fingerprint density at radius 3 is 2.71 bits per heavy atom. The second-order valence-electron chi connectivity index (χ2n) is 4.70. The summed E-state index contributed by atoms with van der Waals surface area (Å²) in [7, 11) is 0. The SMILES string of the molecule is Brc1ccc(CNOCc2ccccc2)c2ncccc12. The van der Waals surface area contributed by atoms with E-state index in [1.807, 2.05) is 48.7 Å². The molecule has 0 radical (unpaired) electrons. The Morgan fingerprint density at radius 2 is 1.86 bits per heavy atom. The van der Waals surface area contributed by atoms with Gasteiger partial charge in [0.2, 0.25) is 0 Å². The van der Waals surface area contributed by atoms with Gasteiger partial charge in [0.05, 0.1) is 12.1 Å². The molecular weight excluding hydrogens is 328 g/mol. The first-order valence-electron chi connectivity index (χ1n) is 6.75. The van der Waals surface area contributed by atoms with Gasteiger partial charge in [0, 0.05) is 22.6 Å². The van der Waals surface area contributed by atoms with E-state index in [0.717, 1.165) is 26.5 Å². The summed E-state index contributed by atoms with van der Waals surface area (Å²) in [6, 6.07) is 18.2. The van der Waals surface area contributed by atoms with Gasteiger partial charge in [-0.15, -0.1) is 0 Å². The van der Waals surface area contributed by atoms with Crippen molar-refractivity contribution in [2.75, 3.05) is 0 Å². The molecule has 0 saturated carbocycles. The maximum Gasteiger partial charge on any atom is 0.0933 e. The molecule has 3 aromatic rings. The molecule has 106 valence electrons. The van der Waals surface area contributed by atoms with E-state index >= 15 is 0 Å². The number of benzene rings is 2. The molecular formula is C17H15BrN2O. The monoisotopic (exact) mass is 342 g/mol. The summed E-state index contributed by atoms with van der Waals surface area (Å²) in [4.78, 5) is 9.97. The Kier molecular flexibility index (Phi) is 4.60. The largest absolute Gasteiger partial charge is 0.297 e. The van der Waals surface area contributed by atoms with Gasteiger partial charge in [-0.25, -0.2) is 0 Å². The Labute approximate surface area is 132 Å². The molecule has 3 nitrogen and oxygen atoms in total. The molecule has 0 aliphatic rings. The van der Waals surface area contributed by atoms with Crippen LogP contribution in [0.2, 0.25) is 0 Å². The van der Waals surface area contributed by atoms with E-state index in [-0.39, 0.29) is 0 Å². The van der Waals surface area contributed by atoms with E-state index in [4.69, 9.17) is 4.84 Å². The number of nitrogens with one attached hydrogen (secondary N) is 1. The van der Waals surface area contributed by atoms with Crippen molar-refractivity contribution < 1.29 is 4.84 Å². The molecule has 1 heterocycles. The van der Waals surface area contributed by atoms with E-state index in [9.17, 15) is 0 Å². The minimum atomic E-state index is 0.544. The van der Waals surface area contributed by atoms with Crippen LogP contribution in [0.4, 0.5) is 0 Å². The first kappa shape index (κ1) is 14.2. The molecule has 21 heavy (non-hydrogen) atoms. The van der Waals surface area contributed by atoms with Crippen molar-refractivity contribution in [3.8, 4) is 0 Å². The van der Waals surface area contributed by atoms with Gasteiger partial charge in [-0.05, 0) is 23.3 Å². The van der Waals surface area contributed by atoms with Crippen LogP contribution in [0.3, 0.4) is 0 Å². The van der Waals surface area contributed by atoms with E-state index in [0.29, 0.717) is 13.2 Å². The van der Waals surface area contributed by atoms with Crippen molar-refractivity contribution in [2.45, 2.75) is 13.2 Å². The highest BCUT2D eigenvalue weighted by Crippen LogP contribution is 2.25. The van der Waals surface area contributed by atoms with Crippen LogP contribution in [0.1, 0.15) is 11.1 Å². The maximum absolute atomic E-state index is 5.51. The molecule has 0 fully saturated rings. The average molecular weight is 343 g/mol. The fourth-order valence-electron chi connectivity index (χ4n) is 2.18. The highest BCUT2D eigenvalue weighted by Gasteiger charge is 2.05. The third-order valence-corrected chi connectivity index (χ3v) is 3.94. The number of aromatic nitrogens is 1. The summed E-state index contributed by atoms with van der Waals surface area (Å²) in [6.07, 6.45) is 1.81. The smallest absolute Gasteiger partial charge is 0.0933 e. The number of halogens is 1. The molecule has 0 unspecified atom stereocenters. The second-order valence-corrected chi connectivity index (χ2v) is 5.56. The molecule has 1 aromatic heterocycles. The van der Waals surface area contributed by atoms with Crippen molar-refractivity contribution >= 4 is 26.8 Å². The zero-order valence-electron chi connectivity index (χ0n) is 11.4. The van der Waals surface area contributed by atoms with Crippen molar-refractivity contribution in [1.82, 2.24) is 10.5 Å². The van der Waals surface area contributed by atoms with Gasteiger partial charge < -0.3 is 0 Å². The van der Waals surface area contributed by atoms with Gasteiger partial charge >= 0.3 is 0 Å². The van der Waals surface area contributed by atoms with Gasteiger partial charge in [-0.3, -0.25) is 9.82 Å². The number of hydroxylamine groups is 1. The average Bonchev–Trinajstić information content (AvgIpc) is 2.55. The van der Waals surface area contributed by atoms with Gasteiger partial charge in [0.15, 0.2) is 0 Å². The molecule has 0 aliphatic heterocycles. The van der Waals surface area contributed by atoms with Crippen LogP contribution in [0.5, 0.6) is 0 Å². The third-order valence-electron chi connectivity index (χ3n) is 3.25. The summed E-state index contributed by atoms with van der Waals surface area (Å²) >= 11 is 3.55. The number of hydrogen-bond acceptors (Lipinski definition) is 3. The Morgan fingerprint density at radius 1 is 1.00 bits per heavy atom. The predicted molar refractivity (Wildman–Crippen MR) is 87.5 cm³/mol. The molecule has 0 saturated heterocycles. The number of fused-ring (bicyclic) bond motifs is 1. The van der Waals surface area contributed by atoms with E-state index in [2.05, 4.69) is 38.5 Å². The molecule has 0 spiro atoms. The standard InChI is InChI=1S/C17H15BrN2O/c18-16-9-8-14(17-15(16)7-4-10-19-17)11-20-21-12-13-5-2-1-3-6-13/h1-10,20H,11-12H2. The molecule has 0 atom stereocenters. The van der Waals surface area contributed by atoms with Crippen LogP contribution >= 0.6 is 15.9 Å². The number of pyridine rings is 1. The molecule has 3 rings (SSSR count). The van der Waals surface area contributed by atoms with Crippen molar-refractivity contribution in [3.05, 3.63) is 76.4 Å². The minimum absolute atomic E-state index is 0.544. The van der Waals surface area contributed by atoms with Crippen LogP contribution in [-0.4, -0.2) is 4.98 Å². The van der Waals surface area contributed by atoms with Crippen LogP contribution in [0, 0.1) is 0 Å². The topological polar surface area (TPSA) is 34.1 Å². The van der Waals surface area contributed by atoms with Gasteiger partial charge in [0.25, 0.3) is 0 Å². The van der Waals surface area contributed by atoms with Gasteiger partial charge in [0.1, 0.15) is 0 Å². The first-order chi connectivity index (χ1) is 10.3. The lowest BCUT2D eigenvalue weighted by Crippen LogP contribution is -2.14. The minimum Gasteiger partial charge on any atom is -0.297 e. The zero-order valence-corrected chi connectivity index (χ0v) is 13.0. The van der Waals surface area contributed by atoms with E-state index < -0.39 is 0 Å². The molecule has 0 bridgehead atoms. The lowest BCUT2D eigenvalue weighted by atomic mass is 10.1. The molecule has 0 aliphatic carbocycles. The lowest BCUT2D eigenvalue weighted by molar-refractivity contribution is 0.0237. The Hall–Kier alpha value is -1.75. The summed E-state index contributed by atoms with van der Waals surface area (Å²) < 4.78 is 1.06. The van der Waals surface area contributed by atoms with Crippen molar-refractivity contribution in [1.29, 1.82) is 0 Å². The zero-order chi connectivity index (χ0) is 14.5. The van der Waals surface area contributed by atoms with Crippen LogP contribution in [0.15, 0.2) is 65.3 Å². The quantitative estimate of drug-likeness (QED) is 0.556. The van der Waals surface area contributed by atoms with E-state index in [1.54, 1.807) is 0 Å². The van der Waals surface area contributed by atoms with E-state index in [1.165, 1.54) is 0 Å². The summed E-state index contributed by atoms with van der Waals surface area (Å²) in [5.74, 6) is 0. The highest BCUT2D eigenvalue weighted by atomic mass is 79.9. The van der Waals surface area contributed by atoms with Crippen LogP contribution in [-0.2, 0) is 18.0 Å². The lowest BCUT2D eigenvalue weighted by Gasteiger charge is -2.09. The van der Waals surface area contributed by atoms with Crippen molar-refractivity contribution in [2.24, 2.45) is 0 Å². The molecule has 2 aromatic carbocycles. The second kappa shape index (κ2) is 6.80. The summed E-state index contributed by atoms with van der Waals surface area (Å²) in [6.45, 7) is 1.16. The summed E-state index contributed by atoms with van der Waals surface area (Å²) in [5, 5.41) is 1.11. The molecule has 0 amide bonds. The third kappa shape index (κ3) is 3.47. The van der Waals surface area contributed by atoms with Crippen LogP contribution < -0.4 is 5.48 Å². The molecule has 4 heteroatoms. The molecule has 1 N–H and O–H groups in total. The Balaban J connectivity index is 1.65. The van der Waals surface area contributed by atoms with Crippen LogP contribution in [0.25, 0.3) is 10.9 Å². The normalized spacial score (nSPS) is 10.9. The summed E-state index contributed by atoms with van der Waals surface area (Å²) in [5.41, 5.74) is 6.25. The number of rotatable bonds is 5. The first-order valence-corrected chi connectivity index (χ1v) is 7.54. The number of nitrogens with zero attached hydrogens (tertiary/aromatic N) is 1. The van der Waals surface area contributed by atoms with Crippen molar-refractivity contribution in [3.63, 3.8) is 0 Å². The number of hydrogen-bond donors (Lipinski definition) is 1. The maximum atomic E-state index is 5.51. The van der Waals surface area contributed by atoms with Gasteiger partial charge in [-0.2, -0.15) is 5.48 Å². The predicted octanol–water partition coefficient (Wildman–Crippen LogP) is 4.22. The Bertz CT molecular complexity index is 731. The van der Waals surface area contributed by atoms with Gasteiger partial charge in [-0.1, -0.05) is 58.4 Å². The highest BCUT2D eigenvalue weighted by molar-refractivity contribution is 9.10. The fourth-order valence-corrected chi connectivity index (χ4v) is 2.63. The fraction of sp³-hybridized carbons (Fsp3) is 0.118.